The Labute approximate surface area is 141 Å². The Morgan fingerprint density at radius 2 is 2.00 bits per heavy atom. The average Bonchev–Trinajstić information content (AvgIpc) is 2.89. The Kier molecular flexibility index (Phi) is 5.09. The zero-order valence-electron chi connectivity index (χ0n) is 14.1. The molecule has 0 saturated heterocycles. The van der Waals surface area contributed by atoms with Crippen molar-refractivity contribution in [3.63, 3.8) is 0 Å². The lowest BCUT2D eigenvalue weighted by atomic mass is 9.95. The molecule has 0 aliphatic rings. The van der Waals surface area contributed by atoms with Crippen molar-refractivity contribution >= 4 is 17.5 Å². The summed E-state index contributed by atoms with van der Waals surface area (Å²) < 4.78 is 6.87. The van der Waals surface area contributed by atoms with Gasteiger partial charge in [0, 0.05) is 11.4 Å². The van der Waals surface area contributed by atoms with Crippen LogP contribution in [-0.2, 0) is 0 Å². The second kappa shape index (κ2) is 6.71. The van der Waals surface area contributed by atoms with E-state index in [1.165, 1.54) is 4.68 Å². The van der Waals surface area contributed by atoms with Gasteiger partial charge in [0.25, 0.3) is 5.91 Å². The Hall–Kier alpha value is -1.88. The number of ether oxygens (including phenoxy) is 1. The predicted molar refractivity (Wildman–Crippen MR) is 91.1 cm³/mol. The van der Waals surface area contributed by atoms with Gasteiger partial charge >= 0.3 is 6.01 Å². The first kappa shape index (κ1) is 17.5. The van der Waals surface area contributed by atoms with E-state index in [-0.39, 0.29) is 23.9 Å². The van der Waals surface area contributed by atoms with Crippen LogP contribution in [0.25, 0.3) is 11.4 Å². The van der Waals surface area contributed by atoms with Gasteiger partial charge in [0.05, 0.1) is 11.5 Å². The number of aromatic nitrogens is 3. The molecule has 0 unspecified atom stereocenters. The third-order valence-electron chi connectivity index (χ3n) is 3.42. The van der Waals surface area contributed by atoms with Gasteiger partial charge in [-0.1, -0.05) is 24.3 Å². The van der Waals surface area contributed by atoms with Gasteiger partial charge in [-0.15, -0.1) is 16.7 Å². The largest absolute Gasteiger partial charge is 0.460 e. The molecule has 6 heteroatoms. The maximum atomic E-state index is 12.8. The molecule has 2 rings (SSSR count). The van der Waals surface area contributed by atoms with Crippen molar-refractivity contribution in [1.29, 1.82) is 0 Å². The summed E-state index contributed by atoms with van der Waals surface area (Å²) in [5.41, 5.74) is 1.10. The fourth-order valence-corrected chi connectivity index (χ4v) is 2.15. The van der Waals surface area contributed by atoms with Crippen LogP contribution in [0.5, 0.6) is 6.01 Å². The Morgan fingerprint density at radius 3 is 2.57 bits per heavy atom. The molecule has 124 valence electrons. The van der Waals surface area contributed by atoms with E-state index in [4.69, 9.17) is 16.3 Å². The quantitative estimate of drug-likeness (QED) is 0.776. The highest BCUT2D eigenvalue weighted by molar-refractivity contribution is 6.20. The van der Waals surface area contributed by atoms with Crippen LogP contribution in [0, 0.1) is 12.3 Å². The number of hydrogen-bond acceptors (Lipinski definition) is 4. The second-order valence-electron chi connectivity index (χ2n) is 6.43. The summed E-state index contributed by atoms with van der Waals surface area (Å²) in [6.45, 7) is 9.31. The van der Waals surface area contributed by atoms with Crippen LogP contribution in [-0.4, -0.2) is 32.7 Å². The molecule has 0 bridgehead atoms. The molecule has 0 saturated carbocycles. The predicted octanol–water partition coefficient (Wildman–Crippen LogP) is 3.95. The molecule has 1 aromatic heterocycles. The van der Waals surface area contributed by atoms with Crippen molar-refractivity contribution in [2.75, 3.05) is 5.88 Å². The summed E-state index contributed by atoms with van der Waals surface area (Å²) in [5, 5.41) is 4.26. The van der Waals surface area contributed by atoms with Crippen molar-refractivity contribution in [1.82, 2.24) is 14.8 Å². The number of rotatable bonds is 5. The van der Waals surface area contributed by atoms with Crippen LogP contribution in [0.1, 0.15) is 38.1 Å². The van der Waals surface area contributed by atoms with Gasteiger partial charge in [0.15, 0.2) is 5.82 Å². The summed E-state index contributed by atoms with van der Waals surface area (Å²) in [7, 11) is 0. The van der Waals surface area contributed by atoms with Crippen molar-refractivity contribution in [3.8, 4) is 17.4 Å². The summed E-state index contributed by atoms with van der Waals surface area (Å²) >= 11 is 5.95. The van der Waals surface area contributed by atoms with E-state index in [9.17, 15) is 4.79 Å². The van der Waals surface area contributed by atoms with E-state index in [2.05, 4.69) is 10.1 Å². The summed E-state index contributed by atoms with van der Waals surface area (Å²) in [4.78, 5) is 17.2. The number of halogens is 1. The third-order valence-corrected chi connectivity index (χ3v) is 4.09. The van der Waals surface area contributed by atoms with Gasteiger partial charge in [0.2, 0.25) is 0 Å². The number of aryl methyl sites for hydroxylation is 1. The minimum absolute atomic E-state index is 0.0771. The first-order valence-electron chi connectivity index (χ1n) is 7.56. The lowest BCUT2D eigenvalue weighted by Gasteiger charge is -2.19. The Morgan fingerprint density at radius 1 is 1.35 bits per heavy atom. The molecule has 0 spiro atoms. The SMILES string of the molecule is Cc1ccccc1-c1nc(OC(C)C)nn1C(=O)C(C)(C)CCl. The highest BCUT2D eigenvalue weighted by atomic mass is 35.5. The topological polar surface area (TPSA) is 57.0 Å². The Bertz CT molecular complexity index is 708. The van der Waals surface area contributed by atoms with Gasteiger partial charge in [0.1, 0.15) is 0 Å². The molecular weight excluding hydrogens is 314 g/mol. The number of carbonyl (C=O) groups is 1. The maximum absolute atomic E-state index is 12.8. The summed E-state index contributed by atoms with van der Waals surface area (Å²) in [6, 6.07) is 7.92. The molecule has 23 heavy (non-hydrogen) atoms. The van der Waals surface area contributed by atoms with E-state index >= 15 is 0 Å². The fraction of sp³-hybridized carbons (Fsp3) is 0.471. The molecule has 0 fully saturated rings. The minimum atomic E-state index is -0.748. The second-order valence-corrected chi connectivity index (χ2v) is 6.70. The van der Waals surface area contributed by atoms with Gasteiger partial charge in [-0.25, -0.2) is 0 Å². The zero-order valence-corrected chi connectivity index (χ0v) is 14.9. The number of alkyl halides is 1. The standard InChI is InChI=1S/C17H22ClN3O2/c1-11(2)23-16-19-14(13-9-7-6-8-12(13)3)21(20-16)15(22)17(4,5)10-18/h6-9,11H,10H2,1-5H3. The molecule has 2 aromatic rings. The highest BCUT2D eigenvalue weighted by Crippen LogP contribution is 2.27. The van der Waals surface area contributed by atoms with Crippen LogP contribution in [0.15, 0.2) is 24.3 Å². The molecule has 0 radical (unpaired) electrons. The molecule has 1 heterocycles. The molecule has 0 amide bonds. The van der Waals surface area contributed by atoms with Crippen LogP contribution in [0.4, 0.5) is 0 Å². The summed E-state index contributed by atoms with van der Waals surface area (Å²) in [5.74, 6) is 0.457. The molecule has 0 N–H and O–H groups in total. The summed E-state index contributed by atoms with van der Waals surface area (Å²) in [6.07, 6.45) is -0.0771. The molecule has 5 nitrogen and oxygen atoms in total. The average molecular weight is 336 g/mol. The lowest BCUT2D eigenvalue weighted by molar-refractivity contribution is 0.0751. The number of nitrogens with zero attached hydrogens (tertiary/aromatic N) is 3. The fourth-order valence-electron chi connectivity index (χ4n) is 2.04. The van der Waals surface area contributed by atoms with Crippen molar-refractivity contribution < 1.29 is 9.53 Å². The van der Waals surface area contributed by atoms with Gasteiger partial charge < -0.3 is 4.74 Å². The minimum Gasteiger partial charge on any atom is -0.460 e. The molecule has 1 aromatic carbocycles. The smallest absolute Gasteiger partial charge is 0.336 e. The first-order valence-corrected chi connectivity index (χ1v) is 8.10. The lowest BCUT2D eigenvalue weighted by Crippen LogP contribution is -2.32. The van der Waals surface area contributed by atoms with Gasteiger partial charge in [-0.05, 0) is 40.2 Å². The van der Waals surface area contributed by atoms with Crippen molar-refractivity contribution in [2.45, 2.75) is 40.7 Å². The van der Waals surface area contributed by atoms with E-state index in [0.29, 0.717) is 5.82 Å². The van der Waals surface area contributed by atoms with Gasteiger partial charge in [-0.2, -0.15) is 9.67 Å². The van der Waals surface area contributed by atoms with E-state index in [0.717, 1.165) is 11.1 Å². The maximum Gasteiger partial charge on any atom is 0.336 e. The number of hydrogen-bond donors (Lipinski definition) is 0. The molecular formula is C17H22ClN3O2. The molecule has 0 atom stereocenters. The number of carbonyl (C=O) groups excluding carboxylic acids is 1. The monoisotopic (exact) mass is 335 g/mol. The molecule has 0 aliphatic heterocycles. The highest BCUT2D eigenvalue weighted by Gasteiger charge is 2.32. The van der Waals surface area contributed by atoms with Gasteiger partial charge in [-0.3, -0.25) is 4.79 Å². The van der Waals surface area contributed by atoms with Crippen molar-refractivity contribution in [2.24, 2.45) is 5.41 Å². The van der Waals surface area contributed by atoms with Crippen LogP contribution >= 0.6 is 11.6 Å². The normalized spacial score (nSPS) is 11.8. The van der Waals surface area contributed by atoms with Crippen LogP contribution in [0.3, 0.4) is 0 Å². The molecule has 0 aliphatic carbocycles. The van der Waals surface area contributed by atoms with Crippen LogP contribution < -0.4 is 4.74 Å². The van der Waals surface area contributed by atoms with Crippen molar-refractivity contribution in [3.05, 3.63) is 29.8 Å². The number of benzene rings is 1. The van der Waals surface area contributed by atoms with E-state index < -0.39 is 5.41 Å². The van der Waals surface area contributed by atoms with Crippen LogP contribution in [0.2, 0.25) is 0 Å². The van der Waals surface area contributed by atoms with E-state index in [1.54, 1.807) is 13.8 Å². The zero-order chi connectivity index (χ0) is 17.2. The van der Waals surface area contributed by atoms with E-state index in [1.807, 2.05) is 45.0 Å². The third kappa shape index (κ3) is 3.72. The Balaban J connectivity index is 2.58. The first-order chi connectivity index (χ1) is 10.8.